The molecule has 0 bridgehead atoms. The third-order valence-electron chi connectivity index (χ3n) is 4.11. The van der Waals surface area contributed by atoms with E-state index in [9.17, 15) is 4.79 Å². The van der Waals surface area contributed by atoms with Crippen molar-refractivity contribution in [2.45, 2.75) is 38.9 Å². The van der Waals surface area contributed by atoms with Gasteiger partial charge >= 0.3 is 0 Å². The first-order chi connectivity index (χ1) is 10.1. The average molecular weight is 289 g/mol. The minimum absolute atomic E-state index is 0.0419. The molecule has 1 amide bonds. The predicted molar refractivity (Wildman–Crippen MR) is 85.9 cm³/mol. The Balaban J connectivity index is 1.94. The van der Waals surface area contributed by atoms with Crippen molar-refractivity contribution in [1.29, 1.82) is 0 Å². The number of nitrogens with zero attached hydrogens (tertiary/aromatic N) is 1. The van der Waals surface area contributed by atoms with Gasteiger partial charge in [0, 0.05) is 13.1 Å². The van der Waals surface area contributed by atoms with Crippen molar-refractivity contribution < 1.29 is 4.79 Å². The summed E-state index contributed by atoms with van der Waals surface area (Å²) in [4.78, 5) is 14.5. The highest BCUT2D eigenvalue weighted by Crippen LogP contribution is 2.16. The molecule has 1 fully saturated rings. The first-order valence-electron chi connectivity index (χ1n) is 7.80. The Kier molecular flexibility index (Phi) is 5.76. The molecule has 116 valence electrons. The van der Waals surface area contributed by atoms with Crippen LogP contribution in [0.3, 0.4) is 0 Å². The zero-order valence-corrected chi connectivity index (χ0v) is 13.4. The Hall–Kier alpha value is -1.39. The summed E-state index contributed by atoms with van der Waals surface area (Å²) in [6.07, 6.45) is 2.29. The van der Waals surface area contributed by atoms with Gasteiger partial charge in [0.1, 0.15) is 0 Å². The zero-order valence-electron chi connectivity index (χ0n) is 13.4. The number of carbonyl (C=O) groups is 1. The molecule has 2 unspecified atom stereocenters. The predicted octanol–water partition coefficient (Wildman–Crippen LogP) is 1.75. The molecule has 2 N–H and O–H groups in total. The number of benzene rings is 1. The van der Waals surface area contributed by atoms with Crippen molar-refractivity contribution in [1.82, 2.24) is 15.5 Å². The lowest BCUT2D eigenvalue weighted by atomic mass is 9.92. The Morgan fingerprint density at radius 3 is 2.71 bits per heavy atom. The van der Waals surface area contributed by atoms with Gasteiger partial charge in [0.25, 0.3) is 0 Å². The van der Waals surface area contributed by atoms with Crippen LogP contribution in [0, 0.1) is 5.92 Å². The number of hydrogen-bond acceptors (Lipinski definition) is 3. The molecule has 21 heavy (non-hydrogen) atoms. The van der Waals surface area contributed by atoms with Crippen molar-refractivity contribution in [2.24, 2.45) is 5.92 Å². The lowest BCUT2D eigenvalue weighted by Crippen LogP contribution is -2.50. The second kappa shape index (κ2) is 7.57. The molecule has 1 aliphatic heterocycles. The van der Waals surface area contributed by atoms with Crippen LogP contribution in [0.4, 0.5) is 0 Å². The number of hydrogen-bond donors (Lipinski definition) is 2. The third-order valence-corrected chi connectivity index (χ3v) is 4.11. The summed E-state index contributed by atoms with van der Waals surface area (Å²) >= 11 is 0. The minimum atomic E-state index is -0.0419. The largest absolute Gasteiger partial charge is 0.351 e. The van der Waals surface area contributed by atoms with Gasteiger partial charge in [0.2, 0.25) is 5.91 Å². The molecule has 0 aliphatic carbocycles. The van der Waals surface area contributed by atoms with E-state index in [0.717, 1.165) is 25.9 Å². The van der Waals surface area contributed by atoms with Crippen LogP contribution in [0.15, 0.2) is 24.3 Å². The topological polar surface area (TPSA) is 44.4 Å². The van der Waals surface area contributed by atoms with Gasteiger partial charge in [-0.3, -0.25) is 4.79 Å². The maximum Gasteiger partial charge on any atom is 0.237 e. The van der Waals surface area contributed by atoms with Gasteiger partial charge in [-0.25, -0.2) is 0 Å². The zero-order chi connectivity index (χ0) is 15.2. The van der Waals surface area contributed by atoms with Gasteiger partial charge in [-0.2, -0.15) is 0 Å². The second-order valence-corrected chi connectivity index (χ2v) is 6.28. The minimum Gasteiger partial charge on any atom is -0.351 e. The normalized spacial score (nSPS) is 22.3. The highest BCUT2D eigenvalue weighted by atomic mass is 16.2. The van der Waals surface area contributed by atoms with Crippen LogP contribution in [-0.4, -0.2) is 37.5 Å². The standard InChI is InChI=1S/C17H27N3O/c1-13-7-6-10-18-16(13)17(21)19-11-14-8-4-5-9-15(14)12-20(2)3/h4-5,8-9,13,16,18H,6-7,10-12H2,1-3H3,(H,19,21). The summed E-state index contributed by atoms with van der Waals surface area (Å²) in [5.41, 5.74) is 2.47. The van der Waals surface area contributed by atoms with Crippen molar-refractivity contribution in [2.75, 3.05) is 20.6 Å². The van der Waals surface area contributed by atoms with Gasteiger partial charge in [-0.15, -0.1) is 0 Å². The van der Waals surface area contributed by atoms with E-state index in [1.54, 1.807) is 0 Å². The van der Waals surface area contributed by atoms with Crippen molar-refractivity contribution in [3.8, 4) is 0 Å². The molecule has 0 saturated carbocycles. The number of rotatable bonds is 5. The molecular weight excluding hydrogens is 262 g/mol. The maximum atomic E-state index is 12.3. The van der Waals surface area contributed by atoms with Crippen molar-refractivity contribution >= 4 is 5.91 Å². The molecule has 0 aromatic heterocycles. The third kappa shape index (κ3) is 4.55. The fourth-order valence-corrected chi connectivity index (χ4v) is 2.92. The molecule has 4 heteroatoms. The van der Waals surface area contributed by atoms with Gasteiger partial charge in [-0.05, 0) is 50.5 Å². The van der Waals surface area contributed by atoms with Crippen LogP contribution < -0.4 is 10.6 Å². The maximum absolute atomic E-state index is 12.3. The van der Waals surface area contributed by atoms with Crippen LogP contribution in [0.1, 0.15) is 30.9 Å². The molecule has 0 radical (unpaired) electrons. The fourth-order valence-electron chi connectivity index (χ4n) is 2.92. The summed E-state index contributed by atoms with van der Waals surface area (Å²) in [6, 6.07) is 8.26. The number of amides is 1. The van der Waals surface area contributed by atoms with Crippen LogP contribution in [0.5, 0.6) is 0 Å². The summed E-state index contributed by atoms with van der Waals surface area (Å²) in [7, 11) is 4.12. The van der Waals surface area contributed by atoms with Crippen LogP contribution in [0.2, 0.25) is 0 Å². The monoisotopic (exact) mass is 289 g/mol. The highest BCUT2D eigenvalue weighted by Gasteiger charge is 2.27. The first-order valence-corrected chi connectivity index (χ1v) is 7.80. The smallest absolute Gasteiger partial charge is 0.237 e. The summed E-state index contributed by atoms with van der Waals surface area (Å²) < 4.78 is 0. The van der Waals surface area contributed by atoms with Crippen LogP contribution >= 0.6 is 0 Å². The molecule has 1 aromatic rings. The molecule has 1 saturated heterocycles. The van der Waals surface area contributed by atoms with Crippen LogP contribution in [-0.2, 0) is 17.9 Å². The molecule has 2 rings (SSSR count). The van der Waals surface area contributed by atoms with E-state index in [0.29, 0.717) is 12.5 Å². The van der Waals surface area contributed by atoms with Crippen LogP contribution in [0.25, 0.3) is 0 Å². The summed E-state index contributed by atoms with van der Waals surface area (Å²) in [5.74, 6) is 0.539. The molecule has 1 heterocycles. The summed E-state index contributed by atoms with van der Waals surface area (Å²) in [6.45, 7) is 4.59. The number of piperidine rings is 1. The quantitative estimate of drug-likeness (QED) is 0.868. The van der Waals surface area contributed by atoms with Gasteiger partial charge in [-0.1, -0.05) is 31.2 Å². The van der Waals surface area contributed by atoms with E-state index >= 15 is 0 Å². The molecule has 1 aliphatic rings. The Morgan fingerprint density at radius 1 is 1.33 bits per heavy atom. The van der Waals surface area contributed by atoms with Crippen molar-refractivity contribution in [3.63, 3.8) is 0 Å². The van der Waals surface area contributed by atoms with E-state index in [1.807, 2.05) is 6.07 Å². The highest BCUT2D eigenvalue weighted by molar-refractivity contribution is 5.82. The Labute approximate surface area is 127 Å². The lowest BCUT2D eigenvalue weighted by molar-refractivity contribution is -0.125. The van der Waals surface area contributed by atoms with E-state index < -0.39 is 0 Å². The van der Waals surface area contributed by atoms with Gasteiger partial charge in [0.15, 0.2) is 0 Å². The van der Waals surface area contributed by atoms with E-state index in [1.165, 1.54) is 11.1 Å². The van der Waals surface area contributed by atoms with Crippen molar-refractivity contribution in [3.05, 3.63) is 35.4 Å². The first kappa shape index (κ1) is 16.0. The molecular formula is C17H27N3O. The average Bonchev–Trinajstić information content (AvgIpc) is 2.46. The second-order valence-electron chi connectivity index (χ2n) is 6.28. The fraction of sp³-hybridized carbons (Fsp3) is 0.588. The number of carbonyl (C=O) groups excluding carboxylic acids is 1. The van der Waals surface area contributed by atoms with E-state index in [4.69, 9.17) is 0 Å². The van der Waals surface area contributed by atoms with Gasteiger partial charge < -0.3 is 15.5 Å². The molecule has 2 atom stereocenters. The molecule has 4 nitrogen and oxygen atoms in total. The summed E-state index contributed by atoms with van der Waals surface area (Å²) in [5, 5.41) is 6.42. The Morgan fingerprint density at radius 2 is 2.05 bits per heavy atom. The van der Waals surface area contributed by atoms with E-state index in [2.05, 4.69) is 54.8 Å². The molecule has 0 spiro atoms. The van der Waals surface area contributed by atoms with E-state index in [-0.39, 0.29) is 11.9 Å². The Bertz CT molecular complexity index is 473. The molecule has 1 aromatic carbocycles. The lowest BCUT2D eigenvalue weighted by Gasteiger charge is -2.29. The number of nitrogens with one attached hydrogen (secondary N) is 2. The SMILES string of the molecule is CC1CCCNC1C(=O)NCc1ccccc1CN(C)C. The van der Waals surface area contributed by atoms with Gasteiger partial charge in [0.05, 0.1) is 6.04 Å².